The van der Waals surface area contributed by atoms with E-state index in [1.165, 1.54) is 41.3 Å². The lowest BCUT2D eigenvalue weighted by Gasteiger charge is -2.20. The van der Waals surface area contributed by atoms with Gasteiger partial charge in [0, 0.05) is 12.2 Å². The number of hydrogen-bond acceptors (Lipinski definition) is 7. The highest BCUT2D eigenvalue weighted by atomic mass is 32.2. The average molecular weight is 418 g/mol. The van der Waals surface area contributed by atoms with Crippen molar-refractivity contribution in [2.24, 2.45) is 14.5 Å². The van der Waals surface area contributed by atoms with Crippen LogP contribution in [-0.4, -0.2) is 26.8 Å². The Morgan fingerprint density at radius 3 is 2.50 bits per heavy atom. The molecule has 0 bridgehead atoms. The molecule has 3 aliphatic rings. The minimum absolute atomic E-state index is 0.0403. The molecule has 2 atom stereocenters. The molecule has 148 valence electrons. The molecule has 9 heteroatoms. The van der Waals surface area contributed by atoms with E-state index in [4.69, 9.17) is 5.73 Å². The molecule has 0 radical (unpaired) electrons. The molecule has 0 saturated heterocycles. The fourth-order valence-corrected chi connectivity index (χ4v) is 6.71. The van der Waals surface area contributed by atoms with Gasteiger partial charge in [-0.25, -0.2) is 9.19 Å². The van der Waals surface area contributed by atoms with E-state index in [0.717, 1.165) is 42.7 Å². The van der Waals surface area contributed by atoms with Gasteiger partial charge in [0.15, 0.2) is 0 Å². The Morgan fingerprint density at radius 2 is 1.89 bits per heavy atom. The van der Waals surface area contributed by atoms with Gasteiger partial charge in [0.05, 0.1) is 6.20 Å². The van der Waals surface area contributed by atoms with Crippen molar-refractivity contribution < 1.29 is 9.32 Å². The maximum Gasteiger partial charge on any atom is 0.247 e. The van der Waals surface area contributed by atoms with Crippen molar-refractivity contribution in [1.29, 1.82) is 0 Å². The van der Waals surface area contributed by atoms with Gasteiger partial charge in [-0.15, -0.1) is 20.1 Å². The normalized spacial score (nSPS) is 24.6. The van der Waals surface area contributed by atoms with Crippen LogP contribution in [0.4, 0.5) is 5.69 Å². The number of rotatable bonds is 4. The number of benzene rings is 1. The number of hydrogen-bond donors (Lipinski definition) is 3. The SMILES string of the molecule is C[C@@](O)(CN)c1ncc(S2(=O)=NC(Nc3c4c(cc5c3CCC5)CCC4)=N2)s1. The lowest BCUT2D eigenvalue weighted by atomic mass is 9.99. The summed E-state index contributed by atoms with van der Waals surface area (Å²) in [7, 11) is -2.86. The second kappa shape index (κ2) is 6.35. The number of nitrogens with two attached hydrogens (primary N) is 1. The number of nitrogens with one attached hydrogen (secondary N) is 1. The van der Waals surface area contributed by atoms with Crippen LogP contribution in [0.3, 0.4) is 0 Å². The van der Waals surface area contributed by atoms with Gasteiger partial charge in [-0.3, -0.25) is 0 Å². The molecule has 1 aliphatic heterocycles. The summed E-state index contributed by atoms with van der Waals surface area (Å²) in [5, 5.41) is 14.0. The van der Waals surface area contributed by atoms with Crippen LogP contribution in [0.2, 0.25) is 0 Å². The number of aliphatic hydroxyl groups is 1. The van der Waals surface area contributed by atoms with Crippen molar-refractivity contribution in [2.45, 2.75) is 55.3 Å². The second-order valence-electron chi connectivity index (χ2n) is 7.82. The van der Waals surface area contributed by atoms with Gasteiger partial charge < -0.3 is 16.2 Å². The molecular formula is C19H23N5O2S2. The molecule has 1 unspecified atom stereocenters. The van der Waals surface area contributed by atoms with E-state index in [-0.39, 0.29) is 6.54 Å². The fourth-order valence-electron chi connectivity index (χ4n) is 4.17. The number of aromatic nitrogens is 1. The first-order valence-corrected chi connectivity index (χ1v) is 11.9. The Labute approximate surface area is 168 Å². The average Bonchev–Trinajstić information content (AvgIpc) is 3.39. The van der Waals surface area contributed by atoms with Crippen molar-refractivity contribution >= 4 is 32.9 Å². The standard InChI is InChI=1S/C19H23N5O2S2/c1-19(25,10-20)17-21-9-15(27-17)28(26)23-18(24-28)22-16-13-6-2-4-11(13)8-12-5-3-7-14(12)16/h8-9,25H,2-7,10,20H2,1H3,(H,22,23,24,26)/t19-/m1/s1. The van der Waals surface area contributed by atoms with Crippen LogP contribution in [-0.2, 0) is 41.2 Å². The molecule has 0 fully saturated rings. The summed E-state index contributed by atoms with van der Waals surface area (Å²) in [6, 6.07) is 2.38. The van der Waals surface area contributed by atoms with Gasteiger partial charge in [-0.05, 0) is 67.7 Å². The number of nitrogens with zero attached hydrogens (tertiary/aromatic N) is 3. The van der Waals surface area contributed by atoms with Gasteiger partial charge in [-0.1, -0.05) is 6.07 Å². The van der Waals surface area contributed by atoms with Gasteiger partial charge in [-0.2, -0.15) is 0 Å². The largest absolute Gasteiger partial charge is 0.382 e. The quantitative estimate of drug-likeness (QED) is 0.707. The summed E-state index contributed by atoms with van der Waals surface area (Å²) in [5.41, 5.74) is 11.1. The molecule has 7 nitrogen and oxygen atoms in total. The zero-order chi connectivity index (χ0) is 19.5. The Balaban J connectivity index is 1.42. The number of anilines is 1. The van der Waals surface area contributed by atoms with Crippen molar-refractivity contribution in [3.05, 3.63) is 39.5 Å². The van der Waals surface area contributed by atoms with Gasteiger partial charge in [0.1, 0.15) is 14.8 Å². The Hall–Kier alpha value is -1.81. The molecule has 28 heavy (non-hydrogen) atoms. The Morgan fingerprint density at radius 1 is 1.25 bits per heavy atom. The maximum absolute atomic E-state index is 13.0. The third-order valence-electron chi connectivity index (χ3n) is 5.74. The monoisotopic (exact) mass is 417 g/mol. The topological polar surface area (TPSA) is 113 Å². The van der Waals surface area contributed by atoms with Crippen LogP contribution in [0.15, 0.2) is 25.2 Å². The van der Waals surface area contributed by atoms with E-state index in [1.54, 1.807) is 6.92 Å². The molecule has 4 N–H and O–H groups in total. The molecular weight excluding hydrogens is 394 g/mol. The van der Waals surface area contributed by atoms with E-state index in [2.05, 4.69) is 25.1 Å². The Kier molecular flexibility index (Phi) is 4.13. The molecule has 5 rings (SSSR count). The van der Waals surface area contributed by atoms with Gasteiger partial charge in [0.25, 0.3) is 0 Å². The Bertz CT molecular complexity index is 1090. The first-order valence-electron chi connectivity index (χ1n) is 9.59. The third-order valence-corrected chi connectivity index (χ3v) is 9.15. The molecule has 0 saturated carbocycles. The molecule has 0 spiro atoms. The second-order valence-corrected chi connectivity index (χ2v) is 10.9. The first-order chi connectivity index (χ1) is 13.4. The van der Waals surface area contributed by atoms with Crippen molar-refractivity contribution in [3.8, 4) is 0 Å². The van der Waals surface area contributed by atoms with Crippen LogP contribution in [0.5, 0.6) is 0 Å². The van der Waals surface area contributed by atoms with E-state index >= 15 is 0 Å². The lowest BCUT2D eigenvalue weighted by Crippen LogP contribution is -2.30. The molecule has 0 amide bonds. The van der Waals surface area contributed by atoms with Crippen LogP contribution >= 0.6 is 11.3 Å². The summed E-state index contributed by atoms with van der Waals surface area (Å²) in [6.07, 6.45) is 8.23. The van der Waals surface area contributed by atoms with Crippen molar-refractivity contribution in [2.75, 3.05) is 11.9 Å². The minimum atomic E-state index is -2.86. The maximum atomic E-state index is 13.0. The molecule has 2 aromatic rings. The number of fused-ring (bicyclic) bond motifs is 2. The lowest BCUT2D eigenvalue weighted by molar-refractivity contribution is 0.0665. The van der Waals surface area contributed by atoms with E-state index in [0.29, 0.717) is 15.2 Å². The predicted molar refractivity (Wildman–Crippen MR) is 111 cm³/mol. The van der Waals surface area contributed by atoms with E-state index < -0.39 is 15.5 Å². The van der Waals surface area contributed by atoms with Crippen LogP contribution in [0, 0.1) is 0 Å². The number of guanidine groups is 1. The van der Waals surface area contributed by atoms with E-state index in [1.807, 2.05) is 0 Å². The summed E-state index contributed by atoms with van der Waals surface area (Å²) in [6.45, 7) is 1.63. The van der Waals surface area contributed by atoms with Gasteiger partial charge >= 0.3 is 0 Å². The number of thiazole rings is 1. The smallest absolute Gasteiger partial charge is 0.247 e. The summed E-state index contributed by atoms with van der Waals surface area (Å²) >= 11 is 1.15. The summed E-state index contributed by atoms with van der Waals surface area (Å²) in [5.74, 6) is 0.417. The third kappa shape index (κ3) is 2.80. The highest BCUT2D eigenvalue weighted by Crippen LogP contribution is 2.39. The zero-order valence-corrected chi connectivity index (χ0v) is 17.3. The van der Waals surface area contributed by atoms with Crippen molar-refractivity contribution in [1.82, 2.24) is 4.98 Å². The summed E-state index contributed by atoms with van der Waals surface area (Å²) < 4.78 is 22.1. The minimum Gasteiger partial charge on any atom is -0.382 e. The predicted octanol–water partition coefficient (Wildman–Crippen LogP) is 2.51. The molecule has 1 aromatic heterocycles. The molecule has 2 heterocycles. The van der Waals surface area contributed by atoms with Crippen LogP contribution < -0.4 is 11.1 Å². The molecule has 2 aliphatic carbocycles. The molecule has 1 aromatic carbocycles. The van der Waals surface area contributed by atoms with E-state index in [9.17, 15) is 9.32 Å². The fraction of sp³-hybridized carbons (Fsp3) is 0.474. The first kappa shape index (κ1) is 18.2. The van der Waals surface area contributed by atoms with Gasteiger partial charge in [0.2, 0.25) is 15.9 Å². The zero-order valence-electron chi connectivity index (χ0n) is 15.7. The highest BCUT2D eigenvalue weighted by Gasteiger charge is 2.32. The van der Waals surface area contributed by atoms with Crippen LogP contribution in [0.1, 0.15) is 47.0 Å². The van der Waals surface area contributed by atoms with Crippen molar-refractivity contribution in [3.63, 3.8) is 0 Å². The summed E-state index contributed by atoms with van der Waals surface area (Å²) in [4.78, 5) is 4.17. The highest BCUT2D eigenvalue weighted by molar-refractivity contribution is 7.96. The number of aryl methyl sites for hydroxylation is 2. The van der Waals surface area contributed by atoms with Crippen LogP contribution in [0.25, 0.3) is 0 Å².